The lowest BCUT2D eigenvalue weighted by atomic mass is 9.76. The number of hydrogen-bond acceptors (Lipinski definition) is 3. The van der Waals surface area contributed by atoms with E-state index < -0.39 is 6.03 Å². The Kier molecular flexibility index (Phi) is 7.54. The summed E-state index contributed by atoms with van der Waals surface area (Å²) in [6, 6.07) is -0.439. The number of hydrogen-bond donors (Lipinski definition) is 3. The summed E-state index contributed by atoms with van der Waals surface area (Å²) in [6.45, 7) is 7.90. The third-order valence-electron chi connectivity index (χ3n) is 2.94. The van der Waals surface area contributed by atoms with Gasteiger partial charge in [0.05, 0.1) is 0 Å². The van der Waals surface area contributed by atoms with Crippen LogP contribution < -0.4 is 16.4 Å². The standard InChI is InChI=1S/C12H25N3O2/c1-12(2,3)10(6-7-13)5-4-8-14-11(17)15-9-16/h9-10H,4-8,13H2,1-3H3,(H2,14,15,16,17). The minimum Gasteiger partial charge on any atom is -0.338 e. The first-order valence-corrected chi connectivity index (χ1v) is 6.10. The summed E-state index contributed by atoms with van der Waals surface area (Å²) in [4.78, 5) is 20.9. The molecular weight excluding hydrogens is 218 g/mol. The molecular formula is C12H25N3O2. The molecule has 0 aromatic carbocycles. The zero-order chi connectivity index (χ0) is 13.3. The number of nitrogens with two attached hydrogens (primary N) is 1. The van der Waals surface area contributed by atoms with Crippen LogP contribution in [0.5, 0.6) is 0 Å². The second-order valence-corrected chi connectivity index (χ2v) is 5.30. The molecule has 0 aliphatic heterocycles. The first kappa shape index (κ1) is 15.9. The van der Waals surface area contributed by atoms with Crippen molar-refractivity contribution >= 4 is 12.4 Å². The van der Waals surface area contributed by atoms with Crippen LogP contribution in [-0.2, 0) is 4.79 Å². The molecule has 3 amide bonds. The van der Waals surface area contributed by atoms with Crippen molar-refractivity contribution in [1.82, 2.24) is 10.6 Å². The van der Waals surface area contributed by atoms with E-state index in [1.165, 1.54) is 0 Å². The maximum atomic E-state index is 10.9. The van der Waals surface area contributed by atoms with E-state index in [1.54, 1.807) is 0 Å². The van der Waals surface area contributed by atoms with Crippen molar-refractivity contribution in [3.63, 3.8) is 0 Å². The molecule has 0 rings (SSSR count). The van der Waals surface area contributed by atoms with E-state index in [2.05, 4.69) is 26.1 Å². The summed E-state index contributed by atoms with van der Waals surface area (Å²) >= 11 is 0. The first-order chi connectivity index (χ1) is 7.91. The second kappa shape index (κ2) is 8.06. The SMILES string of the molecule is CC(C)(C)C(CCN)CCCNC(=O)NC=O. The molecule has 0 heterocycles. The number of rotatable bonds is 7. The summed E-state index contributed by atoms with van der Waals surface area (Å²) in [5, 5.41) is 4.66. The Labute approximate surface area is 104 Å². The van der Waals surface area contributed by atoms with Gasteiger partial charge in [-0.15, -0.1) is 0 Å². The van der Waals surface area contributed by atoms with Crippen LogP contribution in [0.1, 0.15) is 40.0 Å². The van der Waals surface area contributed by atoms with Gasteiger partial charge in [0, 0.05) is 6.54 Å². The maximum Gasteiger partial charge on any atom is 0.321 e. The van der Waals surface area contributed by atoms with Gasteiger partial charge in [0.15, 0.2) is 0 Å². The van der Waals surface area contributed by atoms with Gasteiger partial charge in [-0.1, -0.05) is 20.8 Å². The van der Waals surface area contributed by atoms with Crippen LogP contribution in [0.3, 0.4) is 0 Å². The van der Waals surface area contributed by atoms with Crippen LogP contribution in [0, 0.1) is 11.3 Å². The fourth-order valence-corrected chi connectivity index (χ4v) is 1.87. The Morgan fingerprint density at radius 3 is 2.47 bits per heavy atom. The lowest BCUT2D eigenvalue weighted by molar-refractivity contribution is -0.108. The van der Waals surface area contributed by atoms with Gasteiger partial charge in [0.2, 0.25) is 6.41 Å². The Hall–Kier alpha value is -1.10. The number of carbonyl (C=O) groups excluding carboxylic acids is 2. The van der Waals surface area contributed by atoms with Gasteiger partial charge < -0.3 is 11.1 Å². The smallest absolute Gasteiger partial charge is 0.321 e. The number of urea groups is 1. The molecule has 0 aromatic heterocycles. The summed E-state index contributed by atoms with van der Waals surface area (Å²) in [5.74, 6) is 0.559. The molecule has 1 unspecified atom stereocenters. The maximum absolute atomic E-state index is 10.9. The van der Waals surface area contributed by atoms with Crippen molar-refractivity contribution in [3.05, 3.63) is 0 Å². The van der Waals surface area contributed by atoms with E-state index in [1.807, 2.05) is 5.32 Å². The van der Waals surface area contributed by atoms with Crippen molar-refractivity contribution < 1.29 is 9.59 Å². The van der Waals surface area contributed by atoms with Crippen LogP contribution in [0.4, 0.5) is 4.79 Å². The molecule has 100 valence electrons. The van der Waals surface area contributed by atoms with E-state index in [0.29, 0.717) is 25.4 Å². The molecule has 17 heavy (non-hydrogen) atoms. The van der Waals surface area contributed by atoms with Gasteiger partial charge in [0.1, 0.15) is 0 Å². The molecule has 0 saturated heterocycles. The van der Waals surface area contributed by atoms with Crippen LogP contribution in [0.2, 0.25) is 0 Å². The lowest BCUT2D eigenvalue weighted by Gasteiger charge is -2.30. The van der Waals surface area contributed by atoms with E-state index in [9.17, 15) is 9.59 Å². The minimum atomic E-state index is -0.439. The highest BCUT2D eigenvalue weighted by Crippen LogP contribution is 2.31. The van der Waals surface area contributed by atoms with Crippen molar-refractivity contribution in [1.29, 1.82) is 0 Å². The zero-order valence-corrected chi connectivity index (χ0v) is 11.1. The van der Waals surface area contributed by atoms with Crippen LogP contribution in [0.25, 0.3) is 0 Å². The largest absolute Gasteiger partial charge is 0.338 e. The summed E-state index contributed by atoms with van der Waals surface area (Å²) < 4.78 is 0. The van der Waals surface area contributed by atoms with Crippen LogP contribution in [0.15, 0.2) is 0 Å². The third kappa shape index (κ3) is 7.74. The van der Waals surface area contributed by atoms with Gasteiger partial charge in [-0.25, -0.2) is 4.79 Å². The molecule has 4 N–H and O–H groups in total. The van der Waals surface area contributed by atoms with Gasteiger partial charge in [0.25, 0.3) is 0 Å². The average molecular weight is 243 g/mol. The van der Waals surface area contributed by atoms with Gasteiger partial charge in [-0.05, 0) is 37.1 Å². The quantitative estimate of drug-likeness (QED) is 0.464. The topological polar surface area (TPSA) is 84.2 Å². The van der Waals surface area contributed by atoms with E-state index >= 15 is 0 Å². The molecule has 0 aliphatic rings. The predicted octanol–water partition coefficient (Wildman–Crippen LogP) is 1.23. The van der Waals surface area contributed by atoms with Crippen molar-refractivity contribution in [2.45, 2.75) is 40.0 Å². The summed E-state index contributed by atoms with van der Waals surface area (Å²) in [5.41, 5.74) is 5.84. The minimum absolute atomic E-state index is 0.241. The van der Waals surface area contributed by atoms with Crippen LogP contribution >= 0.6 is 0 Å². The fourth-order valence-electron chi connectivity index (χ4n) is 1.87. The molecule has 0 saturated carbocycles. The molecule has 5 nitrogen and oxygen atoms in total. The Morgan fingerprint density at radius 1 is 1.35 bits per heavy atom. The molecule has 0 aliphatic carbocycles. The molecule has 0 bridgehead atoms. The highest BCUT2D eigenvalue weighted by molar-refractivity contribution is 5.84. The predicted molar refractivity (Wildman–Crippen MR) is 68.4 cm³/mol. The normalized spacial score (nSPS) is 12.9. The van der Waals surface area contributed by atoms with Gasteiger partial charge in [-0.2, -0.15) is 0 Å². The summed E-state index contributed by atoms with van der Waals surface area (Å²) in [7, 11) is 0. The van der Waals surface area contributed by atoms with Crippen molar-refractivity contribution in [2.24, 2.45) is 17.1 Å². The van der Waals surface area contributed by atoms with Crippen LogP contribution in [-0.4, -0.2) is 25.5 Å². The highest BCUT2D eigenvalue weighted by atomic mass is 16.2. The zero-order valence-electron chi connectivity index (χ0n) is 11.1. The van der Waals surface area contributed by atoms with Crippen molar-refractivity contribution in [2.75, 3.05) is 13.1 Å². The van der Waals surface area contributed by atoms with Gasteiger partial charge in [-0.3, -0.25) is 10.1 Å². The average Bonchev–Trinajstić information content (AvgIpc) is 2.21. The number of imide groups is 1. The molecule has 0 radical (unpaired) electrons. The van der Waals surface area contributed by atoms with E-state index in [0.717, 1.165) is 19.3 Å². The summed E-state index contributed by atoms with van der Waals surface area (Å²) in [6.07, 6.45) is 3.31. The Bertz CT molecular complexity index is 236. The number of amides is 3. The van der Waals surface area contributed by atoms with Crippen molar-refractivity contribution in [3.8, 4) is 0 Å². The molecule has 0 aromatic rings. The molecule has 1 atom stereocenters. The number of nitrogens with one attached hydrogen (secondary N) is 2. The highest BCUT2D eigenvalue weighted by Gasteiger charge is 2.23. The van der Waals surface area contributed by atoms with E-state index in [-0.39, 0.29) is 5.41 Å². The first-order valence-electron chi connectivity index (χ1n) is 6.10. The van der Waals surface area contributed by atoms with E-state index in [4.69, 9.17) is 5.73 Å². The fraction of sp³-hybridized carbons (Fsp3) is 0.833. The second-order valence-electron chi connectivity index (χ2n) is 5.30. The molecule has 0 spiro atoms. The van der Waals surface area contributed by atoms with Gasteiger partial charge >= 0.3 is 6.03 Å². The number of carbonyl (C=O) groups is 2. The monoisotopic (exact) mass is 243 g/mol. The Balaban J connectivity index is 3.83. The molecule has 5 heteroatoms. The molecule has 0 fully saturated rings. The lowest BCUT2D eigenvalue weighted by Crippen LogP contribution is -2.35. The third-order valence-corrected chi connectivity index (χ3v) is 2.94. The Morgan fingerprint density at radius 2 is 2.00 bits per heavy atom.